The lowest BCUT2D eigenvalue weighted by Gasteiger charge is -2.23. The number of imidazole rings is 1. The van der Waals surface area contributed by atoms with Gasteiger partial charge in [-0.2, -0.15) is 0 Å². The average molecular weight is 370 g/mol. The first-order chi connectivity index (χ1) is 10.2. The molecule has 114 valence electrons. The van der Waals surface area contributed by atoms with Gasteiger partial charge in [0.1, 0.15) is 5.82 Å². The molecule has 0 radical (unpaired) electrons. The van der Waals surface area contributed by atoms with E-state index in [1.54, 1.807) is 0 Å². The van der Waals surface area contributed by atoms with Crippen molar-refractivity contribution >= 4 is 38.6 Å². The van der Waals surface area contributed by atoms with Gasteiger partial charge in [-0.1, -0.05) is 36.2 Å². The Morgan fingerprint density at radius 2 is 2.19 bits per heavy atom. The van der Waals surface area contributed by atoms with Gasteiger partial charge in [-0.3, -0.25) is 0 Å². The molecular weight excluding hydrogens is 348 g/mol. The van der Waals surface area contributed by atoms with Gasteiger partial charge in [-0.25, -0.2) is 4.98 Å². The first-order valence-corrected chi connectivity index (χ1v) is 9.20. The molecule has 0 aliphatic heterocycles. The van der Waals surface area contributed by atoms with E-state index in [0.717, 1.165) is 28.2 Å². The summed E-state index contributed by atoms with van der Waals surface area (Å²) in [5, 5.41) is 0. The monoisotopic (exact) mass is 368 g/mol. The highest BCUT2D eigenvalue weighted by atomic mass is 79.9. The van der Waals surface area contributed by atoms with Crippen LogP contribution in [0.4, 0.5) is 0 Å². The molecule has 1 aliphatic rings. The Hall–Kier alpha value is -0.540. The fourth-order valence-corrected chi connectivity index (χ4v) is 4.44. The molecule has 0 spiro atoms. The third kappa shape index (κ3) is 2.75. The van der Waals surface area contributed by atoms with Gasteiger partial charge in [-0.05, 0) is 42.9 Å². The second-order valence-corrected chi connectivity index (χ2v) is 7.44. The van der Waals surface area contributed by atoms with Crippen LogP contribution in [0.15, 0.2) is 22.7 Å². The molecule has 0 N–H and O–H groups in total. The van der Waals surface area contributed by atoms with Gasteiger partial charge in [0.05, 0.1) is 11.0 Å². The minimum atomic E-state index is 0.569. The molecule has 1 aromatic carbocycles. The summed E-state index contributed by atoms with van der Waals surface area (Å²) in [7, 11) is 0. The summed E-state index contributed by atoms with van der Waals surface area (Å²) in [5.74, 6) is 3.33. The maximum absolute atomic E-state index is 6.00. The molecule has 1 aromatic heterocycles. The molecule has 1 saturated carbocycles. The van der Waals surface area contributed by atoms with E-state index in [2.05, 4.69) is 52.5 Å². The standard InChI is InChI=1S/C17H22BrClN2/c1-3-12-4-6-15(11(12)2)21-16-7-5-13(18)10-14(16)20-17(21)8-9-19/h5,7,10-12,15H,3-4,6,8-9H2,1-2H3. The summed E-state index contributed by atoms with van der Waals surface area (Å²) >= 11 is 9.55. The lowest BCUT2D eigenvalue weighted by atomic mass is 9.93. The Morgan fingerprint density at radius 1 is 1.38 bits per heavy atom. The first-order valence-electron chi connectivity index (χ1n) is 7.88. The highest BCUT2D eigenvalue weighted by molar-refractivity contribution is 9.10. The zero-order valence-corrected chi connectivity index (χ0v) is 15.0. The zero-order valence-electron chi connectivity index (χ0n) is 12.6. The van der Waals surface area contributed by atoms with Crippen LogP contribution in [0.5, 0.6) is 0 Å². The molecule has 3 atom stereocenters. The summed E-state index contributed by atoms with van der Waals surface area (Å²) in [4.78, 5) is 4.84. The van der Waals surface area contributed by atoms with Gasteiger partial charge in [0.15, 0.2) is 0 Å². The van der Waals surface area contributed by atoms with E-state index in [4.69, 9.17) is 16.6 Å². The van der Waals surface area contributed by atoms with E-state index < -0.39 is 0 Å². The molecule has 0 saturated heterocycles. The minimum Gasteiger partial charge on any atom is -0.325 e. The smallest absolute Gasteiger partial charge is 0.111 e. The molecule has 2 nitrogen and oxygen atoms in total. The van der Waals surface area contributed by atoms with Gasteiger partial charge < -0.3 is 4.57 Å². The Bertz CT molecular complexity index is 637. The molecule has 1 fully saturated rings. The van der Waals surface area contributed by atoms with E-state index in [9.17, 15) is 0 Å². The number of hydrogen-bond acceptors (Lipinski definition) is 1. The molecule has 1 heterocycles. The average Bonchev–Trinajstić information content (AvgIpc) is 2.98. The van der Waals surface area contributed by atoms with E-state index in [0.29, 0.717) is 17.8 Å². The van der Waals surface area contributed by atoms with Crippen LogP contribution in [0.2, 0.25) is 0 Å². The molecule has 21 heavy (non-hydrogen) atoms. The van der Waals surface area contributed by atoms with Crippen LogP contribution < -0.4 is 0 Å². The quantitative estimate of drug-likeness (QED) is 0.643. The number of benzene rings is 1. The predicted octanol–water partition coefficient (Wildman–Crippen LogP) is 5.58. The number of rotatable bonds is 4. The lowest BCUT2D eigenvalue weighted by Crippen LogP contribution is -2.18. The van der Waals surface area contributed by atoms with Crippen molar-refractivity contribution in [2.24, 2.45) is 11.8 Å². The van der Waals surface area contributed by atoms with Gasteiger partial charge in [-0.15, -0.1) is 11.6 Å². The molecule has 3 unspecified atom stereocenters. The van der Waals surface area contributed by atoms with Crippen molar-refractivity contribution < 1.29 is 0 Å². The number of alkyl halides is 1. The Labute approximate surface area is 140 Å². The van der Waals surface area contributed by atoms with Gasteiger partial charge in [0, 0.05) is 22.8 Å². The van der Waals surface area contributed by atoms with Crippen LogP contribution in [0.3, 0.4) is 0 Å². The minimum absolute atomic E-state index is 0.569. The maximum Gasteiger partial charge on any atom is 0.111 e. The third-order valence-corrected chi connectivity index (χ3v) is 5.76. The third-order valence-electron chi connectivity index (χ3n) is 5.08. The first kappa shape index (κ1) is 15.4. The van der Waals surface area contributed by atoms with E-state index >= 15 is 0 Å². The molecule has 1 aliphatic carbocycles. The van der Waals surface area contributed by atoms with Gasteiger partial charge in [0.2, 0.25) is 0 Å². The molecule has 0 bridgehead atoms. The summed E-state index contributed by atoms with van der Waals surface area (Å²) in [6.45, 7) is 4.72. The molecule has 4 heteroatoms. The second kappa shape index (κ2) is 6.29. The highest BCUT2D eigenvalue weighted by Gasteiger charge is 2.34. The van der Waals surface area contributed by atoms with Crippen molar-refractivity contribution in [2.45, 2.75) is 45.6 Å². The number of aryl methyl sites for hydroxylation is 1. The molecule has 2 aromatic rings. The summed E-state index contributed by atoms with van der Waals surface area (Å²) in [6, 6.07) is 6.98. The lowest BCUT2D eigenvalue weighted by molar-refractivity contribution is 0.329. The van der Waals surface area contributed by atoms with Crippen LogP contribution in [0.25, 0.3) is 11.0 Å². The largest absolute Gasteiger partial charge is 0.325 e. The van der Waals surface area contributed by atoms with Crippen molar-refractivity contribution in [3.63, 3.8) is 0 Å². The van der Waals surface area contributed by atoms with Crippen molar-refractivity contribution in [2.75, 3.05) is 5.88 Å². The van der Waals surface area contributed by atoms with Crippen LogP contribution >= 0.6 is 27.5 Å². The van der Waals surface area contributed by atoms with E-state index in [1.165, 1.54) is 24.8 Å². The number of halogens is 2. The summed E-state index contributed by atoms with van der Waals surface area (Å²) in [6.07, 6.45) is 4.71. The summed E-state index contributed by atoms with van der Waals surface area (Å²) in [5.41, 5.74) is 2.34. The predicted molar refractivity (Wildman–Crippen MR) is 93.1 cm³/mol. The summed E-state index contributed by atoms with van der Waals surface area (Å²) < 4.78 is 3.56. The van der Waals surface area contributed by atoms with E-state index in [-0.39, 0.29) is 0 Å². The topological polar surface area (TPSA) is 17.8 Å². The van der Waals surface area contributed by atoms with Crippen molar-refractivity contribution in [1.29, 1.82) is 0 Å². The Morgan fingerprint density at radius 3 is 2.86 bits per heavy atom. The van der Waals surface area contributed by atoms with Crippen molar-refractivity contribution in [3.05, 3.63) is 28.5 Å². The second-order valence-electron chi connectivity index (χ2n) is 6.14. The Kier molecular flexibility index (Phi) is 4.60. The number of hydrogen-bond donors (Lipinski definition) is 0. The van der Waals surface area contributed by atoms with Crippen LogP contribution in [0, 0.1) is 11.8 Å². The van der Waals surface area contributed by atoms with Crippen molar-refractivity contribution in [1.82, 2.24) is 9.55 Å². The van der Waals surface area contributed by atoms with Crippen molar-refractivity contribution in [3.8, 4) is 0 Å². The molecular formula is C17H22BrClN2. The highest BCUT2D eigenvalue weighted by Crippen LogP contribution is 2.43. The van der Waals surface area contributed by atoms with E-state index in [1.807, 2.05) is 0 Å². The number of fused-ring (bicyclic) bond motifs is 1. The zero-order chi connectivity index (χ0) is 15.0. The van der Waals surface area contributed by atoms with Crippen LogP contribution in [-0.2, 0) is 6.42 Å². The van der Waals surface area contributed by atoms with Crippen LogP contribution in [-0.4, -0.2) is 15.4 Å². The van der Waals surface area contributed by atoms with Gasteiger partial charge >= 0.3 is 0 Å². The number of nitrogens with zero attached hydrogens (tertiary/aromatic N) is 2. The Balaban J connectivity index is 2.09. The fraction of sp³-hybridized carbons (Fsp3) is 0.588. The molecule has 0 amide bonds. The SMILES string of the molecule is CCC1CCC(n2c(CCCl)nc3cc(Br)ccc32)C1C. The van der Waals surface area contributed by atoms with Crippen LogP contribution in [0.1, 0.15) is 45.0 Å². The fourth-order valence-electron chi connectivity index (χ4n) is 3.92. The van der Waals surface area contributed by atoms with Gasteiger partial charge in [0.25, 0.3) is 0 Å². The maximum atomic E-state index is 6.00. The number of aromatic nitrogens is 2. The molecule has 3 rings (SSSR count). The normalized spacial score (nSPS) is 25.8.